The highest BCUT2D eigenvalue weighted by atomic mass is 32.2. The van der Waals surface area contributed by atoms with Crippen molar-refractivity contribution in [3.63, 3.8) is 0 Å². The molecule has 0 aromatic heterocycles. The molecule has 1 aromatic rings. The molecule has 0 aliphatic heterocycles. The molecule has 72 valence electrons. The molecule has 0 spiro atoms. The van der Waals surface area contributed by atoms with Gasteiger partial charge in [0.25, 0.3) is 0 Å². The molecule has 14 heavy (non-hydrogen) atoms. The SMILES string of the molecule is C#CCSc1cc(C(=O)O)ccc1F. The fourth-order valence-corrected chi connectivity index (χ4v) is 1.52. The van der Waals surface area contributed by atoms with Gasteiger partial charge in [0.1, 0.15) is 5.82 Å². The minimum atomic E-state index is -1.08. The van der Waals surface area contributed by atoms with Gasteiger partial charge in [-0.1, -0.05) is 5.92 Å². The van der Waals surface area contributed by atoms with E-state index in [1.54, 1.807) is 0 Å². The molecule has 0 unspecified atom stereocenters. The van der Waals surface area contributed by atoms with Gasteiger partial charge in [0.15, 0.2) is 0 Å². The quantitative estimate of drug-likeness (QED) is 0.614. The summed E-state index contributed by atoms with van der Waals surface area (Å²) in [5.41, 5.74) is 0.0610. The van der Waals surface area contributed by atoms with Gasteiger partial charge in [0.2, 0.25) is 0 Å². The van der Waals surface area contributed by atoms with Crippen molar-refractivity contribution in [2.75, 3.05) is 5.75 Å². The van der Waals surface area contributed by atoms with Gasteiger partial charge in [0.05, 0.1) is 11.3 Å². The number of carboxylic acid groups (broad SMARTS) is 1. The van der Waals surface area contributed by atoms with Crippen LogP contribution in [0.15, 0.2) is 23.1 Å². The van der Waals surface area contributed by atoms with E-state index in [9.17, 15) is 9.18 Å². The number of halogens is 1. The third kappa shape index (κ3) is 2.51. The number of carboxylic acids is 1. The van der Waals surface area contributed by atoms with E-state index < -0.39 is 11.8 Å². The summed E-state index contributed by atoms with van der Waals surface area (Å²) < 4.78 is 13.1. The molecule has 0 atom stereocenters. The smallest absolute Gasteiger partial charge is 0.335 e. The summed E-state index contributed by atoms with van der Waals surface area (Å²) >= 11 is 1.10. The van der Waals surface area contributed by atoms with Gasteiger partial charge in [0, 0.05) is 4.90 Å². The number of thioether (sulfide) groups is 1. The van der Waals surface area contributed by atoms with E-state index in [4.69, 9.17) is 11.5 Å². The number of aromatic carboxylic acids is 1. The molecule has 0 aliphatic carbocycles. The first-order chi connectivity index (χ1) is 6.65. The Morgan fingerprint density at radius 2 is 2.36 bits per heavy atom. The van der Waals surface area contributed by atoms with Crippen LogP contribution in [0.25, 0.3) is 0 Å². The highest BCUT2D eigenvalue weighted by Gasteiger charge is 2.07. The Labute approximate surface area is 85.1 Å². The van der Waals surface area contributed by atoms with Gasteiger partial charge in [-0.15, -0.1) is 18.2 Å². The van der Waals surface area contributed by atoms with Crippen LogP contribution in [-0.4, -0.2) is 16.8 Å². The van der Waals surface area contributed by atoms with E-state index in [2.05, 4.69) is 5.92 Å². The lowest BCUT2D eigenvalue weighted by atomic mass is 10.2. The summed E-state index contributed by atoms with van der Waals surface area (Å²) in [4.78, 5) is 10.8. The average molecular weight is 210 g/mol. The van der Waals surface area contributed by atoms with Gasteiger partial charge in [-0.2, -0.15) is 0 Å². The Balaban J connectivity index is 2.97. The molecule has 0 aliphatic rings. The van der Waals surface area contributed by atoms with Crippen LogP contribution in [0.4, 0.5) is 4.39 Å². The second-order valence-electron chi connectivity index (χ2n) is 2.44. The highest BCUT2D eigenvalue weighted by Crippen LogP contribution is 2.22. The molecule has 0 amide bonds. The summed E-state index contributed by atoms with van der Waals surface area (Å²) in [6.45, 7) is 0. The minimum absolute atomic E-state index is 0.0610. The first kappa shape index (κ1) is 10.6. The molecule has 0 heterocycles. The number of terminal acetylenes is 1. The standard InChI is InChI=1S/C10H7FO2S/c1-2-5-14-9-6-7(10(12)13)3-4-8(9)11/h1,3-4,6H,5H2,(H,12,13). The Hall–Kier alpha value is -1.47. The van der Waals surface area contributed by atoms with Gasteiger partial charge < -0.3 is 5.11 Å². The number of hydrogen-bond donors (Lipinski definition) is 1. The van der Waals surface area contributed by atoms with Crippen LogP contribution < -0.4 is 0 Å². The van der Waals surface area contributed by atoms with E-state index in [1.165, 1.54) is 12.1 Å². The van der Waals surface area contributed by atoms with Crippen LogP contribution in [0.2, 0.25) is 0 Å². The Kier molecular flexibility index (Phi) is 3.55. The zero-order chi connectivity index (χ0) is 10.6. The maximum atomic E-state index is 13.1. The Bertz CT molecular complexity index is 396. The number of carbonyl (C=O) groups is 1. The van der Waals surface area contributed by atoms with Crippen molar-refractivity contribution >= 4 is 17.7 Å². The van der Waals surface area contributed by atoms with Crippen LogP contribution in [-0.2, 0) is 0 Å². The fraction of sp³-hybridized carbons (Fsp3) is 0.100. The topological polar surface area (TPSA) is 37.3 Å². The van der Waals surface area contributed by atoms with Crippen molar-refractivity contribution in [1.82, 2.24) is 0 Å². The van der Waals surface area contributed by atoms with Crippen molar-refractivity contribution in [1.29, 1.82) is 0 Å². The van der Waals surface area contributed by atoms with E-state index in [1.807, 2.05) is 0 Å². The molecule has 0 saturated carbocycles. The normalized spacial score (nSPS) is 9.43. The van der Waals surface area contributed by atoms with Crippen LogP contribution in [0.5, 0.6) is 0 Å². The molecule has 0 radical (unpaired) electrons. The molecule has 1 aromatic carbocycles. The van der Waals surface area contributed by atoms with Crippen LogP contribution >= 0.6 is 11.8 Å². The van der Waals surface area contributed by atoms with E-state index in [0.29, 0.717) is 5.75 Å². The van der Waals surface area contributed by atoms with Crippen molar-refractivity contribution in [3.05, 3.63) is 29.6 Å². The summed E-state index contributed by atoms with van der Waals surface area (Å²) in [7, 11) is 0. The lowest BCUT2D eigenvalue weighted by Crippen LogP contribution is -1.97. The van der Waals surface area contributed by atoms with Gasteiger partial charge in [-0.05, 0) is 18.2 Å². The number of rotatable bonds is 3. The van der Waals surface area contributed by atoms with Crippen LogP contribution in [0, 0.1) is 18.2 Å². The zero-order valence-electron chi connectivity index (χ0n) is 7.16. The maximum Gasteiger partial charge on any atom is 0.335 e. The average Bonchev–Trinajstić information content (AvgIpc) is 2.16. The van der Waals surface area contributed by atoms with Gasteiger partial charge in [-0.25, -0.2) is 9.18 Å². The van der Waals surface area contributed by atoms with Crippen molar-refractivity contribution in [2.24, 2.45) is 0 Å². The summed E-state index contributed by atoms with van der Waals surface area (Å²) in [5.74, 6) is 1.14. The molecular weight excluding hydrogens is 203 g/mol. The lowest BCUT2D eigenvalue weighted by molar-refractivity contribution is 0.0696. The van der Waals surface area contributed by atoms with Crippen molar-refractivity contribution in [3.8, 4) is 12.3 Å². The van der Waals surface area contributed by atoms with E-state index >= 15 is 0 Å². The van der Waals surface area contributed by atoms with Crippen LogP contribution in [0.3, 0.4) is 0 Å². The monoisotopic (exact) mass is 210 g/mol. The van der Waals surface area contributed by atoms with Gasteiger partial charge in [-0.3, -0.25) is 0 Å². The summed E-state index contributed by atoms with van der Waals surface area (Å²) in [6, 6.07) is 3.62. The molecule has 0 saturated heterocycles. The Morgan fingerprint density at radius 1 is 1.64 bits per heavy atom. The number of benzene rings is 1. The van der Waals surface area contributed by atoms with E-state index in [0.717, 1.165) is 17.8 Å². The molecule has 1 rings (SSSR count). The summed E-state index contributed by atoms with van der Waals surface area (Å²) in [6.07, 6.45) is 5.01. The molecule has 0 fully saturated rings. The second kappa shape index (κ2) is 4.68. The van der Waals surface area contributed by atoms with Gasteiger partial charge >= 0.3 is 5.97 Å². The van der Waals surface area contributed by atoms with Crippen LogP contribution in [0.1, 0.15) is 10.4 Å². The molecule has 1 N–H and O–H groups in total. The molecule has 4 heteroatoms. The zero-order valence-corrected chi connectivity index (χ0v) is 7.97. The van der Waals surface area contributed by atoms with Crippen molar-refractivity contribution < 1.29 is 14.3 Å². The lowest BCUT2D eigenvalue weighted by Gasteiger charge is -2.01. The molecular formula is C10H7FO2S. The predicted molar refractivity (Wildman–Crippen MR) is 52.9 cm³/mol. The largest absolute Gasteiger partial charge is 0.478 e. The Morgan fingerprint density at radius 3 is 2.93 bits per heavy atom. The molecule has 0 bridgehead atoms. The third-order valence-electron chi connectivity index (χ3n) is 1.49. The predicted octanol–water partition coefficient (Wildman–Crippen LogP) is 2.25. The van der Waals surface area contributed by atoms with Crippen molar-refractivity contribution in [2.45, 2.75) is 4.90 Å². The second-order valence-corrected chi connectivity index (χ2v) is 3.46. The maximum absolute atomic E-state index is 13.1. The van der Waals surface area contributed by atoms with E-state index in [-0.39, 0.29) is 10.5 Å². The fourth-order valence-electron chi connectivity index (χ4n) is 0.866. The first-order valence-corrected chi connectivity index (χ1v) is 4.73. The third-order valence-corrected chi connectivity index (χ3v) is 2.42. The number of hydrogen-bond acceptors (Lipinski definition) is 2. The summed E-state index contributed by atoms with van der Waals surface area (Å²) in [5, 5.41) is 8.65. The first-order valence-electron chi connectivity index (χ1n) is 3.74. The highest BCUT2D eigenvalue weighted by molar-refractivity contribution is 7.99. The molecule has 2 nitrogen and oxygen atoms in total. The minimum Gasteiger partial charge on any atom is -0.478 e.